The van der Waals surface area contributed by atoms with Crippen LogP contribution in [0.25, 0.3) is 10.8 Å². The van der Waals surface area contributed by atoms with Gasteiger partial charge in [0.05, 0.1) is 5.41 Å². The largest absolute Gasteiger partial charge is 0.409 e. The number of carbonyl (C=O) groups excluding carboxylic acids is 1. The molecule has 134 valence electrons. The van der Waals surface area contributed by atoms with Crippen LogP contribution >= 0.6 is 0 Å². The highest BCUT2D eigenvalue weighted by molar-refractivity contribution is 5.87. The minimum atomic E-state index is -4.50. The van der Waals surface area contributed by atoms with E-state index in [1.54, 1.807) is 19.9 Å². The van der Waals surface area contributed by atoms with E-state index in [4.69, 9.17) is 0 Å². The molecule has 1 amide bonds. The third-order valence-electron chi connectivity index (χ3n) is 4.77. The fourth-order valence-corrected chi connectivity index (χ4v) is 3.50. The molecule has 1 saturated heterocycles. The van der Waals surface area contributed by atoms with Crippen LogP contribution in [0.5, 0.6) is 0 Å². The number of halogens is 3. The van der Waals surface area contributed by atoms with E-state index in [1.807, 2.05) is 31.2 Å². The second-order valence-electron chi connectivity index (χ2n) is 7.10. The zero-order valence-corrected chi connectivity index (χ0v) is 14.4. The monoisotopic (exact) mass is 350 g/mol. The third kappa shape index (κ3) is 3.11. The van der Waals surface area contributed by atoms with Gasteiger partial charge in [0.25, 0.3) is 0 Å². The van der Waals surface area contributed by atoms with E-state index in [0.717, 1.165) is 15.8 Å². The Morgan fingerprint density at radius 2 is 1.88 bits per heavy atom. The van der Waals surface area contributed by atoms with Gasteiger partial charge in [-0.05, 0) is 42.2 Å². The van der Waals surface area contributed by atoms with Crippen LogP contribution in [-0.4, -0.2) is 23.6 Å². The average molecular weight is 350 g/mol. The molecule has 1 heterocycles. The molecule has 0 saturated carbocycles. The Kier molecular flexibility index (Phi) is 4.27. The quantitative estimate of drug-likeness (QED) is 0.891. The number of alkyl halides is 3. The van der Waals surface area contributed by atoms with E-state index in [0.29, 0.717) is 12.0 Å². The predicted octanol–water partition coefficient (Wildman–Crippen LogP) is 4.38. The first-order valence-corrected chi connectivity index (χ1v) is 8.30. The molecule has 0 bridgehead atoms. The minimum absolute atomic E-state index is 0.00594. The fraction of sp³-hybridized carbons (Fsp3) is 0.421. The topological polar surface area (TPSA) is 32.3 Å². The Hall–Kier alpha value is -2.08. The molecule has 1 unspecified atom stereocenters. The number of hydrazine groups is 1. The summed E-state index contributed by atoms with van der Waals surface area (Å²) in [6.07, 6.45) is -4.02. The Morgan fingerprint density at radius 1 is 1.20 bits per heavy atom. The summed E-state index contributed by atoms with van der Waals surface area (Å²) in [6, 6.07) is 8.82. The number of nitrogens with one attached hydrogen (secondary N) is 1. The van der Waals surface area contributed by atoms with Crippen molar-refractivity contribution >= 4 is 16.7 Å². The Labute approximate surface area is 144 Å². The van der Waals surface area contributed by atoms with Gasteiger partial charge in [0.2, 0.25) is 5.91 Å². The van der Waals surface area contributed by atoms with Crippen LogP contribution in [0.2, 0.25) is 0 Å². The molecular weight excluding hydrogens is 329 g/mol. The third-order valence-corrected chi connectivity index (χ3v) is 4.77. The van der Waals surface area contributed by atoms with E-state index < -0.39 is 17.6 Å². The lowest BCUT2D eigenvalue weighted by atomic mass is 9.91. The molecule has 1 N–H and O–H groups in total. The van der Waals surface area contributed by atoms with Crippen molar-refractivity contribution in [3.63, 3.8) is 0 Å². The molecule has 2 aromatic carbocycles. The first-order valence-electron chi connectivity index (χ1n) is 8.30. The molecule has 3 rings (SSSR count). The highest BCUT2D eigenvalue weighted by Gasteiger charge is 2.51. The maximum absolute atomic E-state index is 14.0. The molecule has 1 atom stereocenters. The number of hydrogen-bond donors (Lipinski definition) is 1. The Morgan fingerprint density at radius 3 is 2.44 bits per heavy atom. The number of rotatable bonds is 3. The van der Waals surface area contributed by atoms with E-state index in [1.165, 1.54) is 6.07 Å². The van der Waals surface area contributed by atoms with Gasteiger partial charge in [-0.1, -0.05) is 43.3 Å². The second kappa shape index (κ2) is 6.02. The van der Waals surface area contributed by atoms with Gasteiger partial charge in [-0.3, -0.25) is 10.2 Å². The summed E-state index contributed by atoms with van der Waals surface area (Å²) in [5, 5.41) is 2.77. The summed E-state index contributed by atoms with van der Waals surface area (Å²) < 4.78 is 41.9. The van der Waals surface area contributed by atoms with Crippen LogP contribution in [0.3, 0.4) is 0 Å². The number of nitrogens with zero attached hydrogens (tertiary/aromatic N) is 1. The SMILES string of the molecule is CCc1c(C(N2CC(C)(C)C(=O)N2)C(F)(F)F)ccc2ccccc12. The van der Waals surface area contributed by atoms with Gasteiger partial charge in [-0.2, -0.15) is 13.2 Å². The van der Waals surface area contributed by atoms with Gasteiger partial charge in [0.15, 0.2) is 0 Å². The fourth-order valence-electron chi connectivity index (χ4n) is 3.50. The molecule has 2 aromatic rings. The molecule has 0 spiro atoms. The highest BCUT2D eigenvalue weighted by Crippen LogP contribution is 2.43. The Balaban J connectivity index is 2.15. The normalized spacial score (nSPS) is 19.2. The lowest BCUT2D eigenvalue weighted by molar-refractivity contribution is -0.191. The van der Waals surface area contributed by atoms with E-state index in [-0.39, 0.29) is 18.0 Å². The summed E-state index contributed by atoms with van der Waals surface area (Å²) in [7, 11) is 0. The van der Waals surface area contributed by atoms with Crippen LogP contribution in [0.1, 0.15) is 37.9 Å². The smallest absolute Gasteiger partial charge is 0.287 e. The van der Waals surface area contributed by atoms with Crippen molar-refractivity contribution in [3.8, 4) is 0 Å². The number of fused-ring (bicyclic) bond motifs is 1. The zero-order valence-electron chi connectivity index (χ0n) is 14.4. The molecule has 25 heavy (non-hydrogen) atoms. The molecular formula is C19H21F3N2O. The van der Waals surface area contributed by atoms with Crippen molar-refractivity contribution in [3.05, 3.63) is 47.5 Å². The van der Waals surface area contributed by atoms with E-state index >= 15 is 0 Å². The summed E-state index contributed by atoms with van der Waals surface area (Å²) in [4.78, 5) is 12.0. The highest BCUT2D eigenvalue weighted by atomic mass is 19.4. The van der Waals surface area contributed by atoms with Gasteiger partial charge in [-0.25, -0.2) is 5.01 Å². The van der Waals surface area contributed by atoms with Crippen LogP contribution in [-0.2, 0) is 11.2 Å². The lowest BCUT2D eigenvalue weighted by Gasteiger charge is -2.31. The minimum Gasteiger partial charge on any atom is -0.287 e. The number of aryl methyl sites for hydroxylation is 1. The van der Waals surface area contributed by atoms with Gasteiger partial charge in [-0.15, -0.1) is 0 Å². The lowest BCUT2D eigenvalue weighted by Crippen LogP contribution is -2.44. The van der Waals surface area contributed by atoms with Crippen LogP contribution in [0.15, 0.2) is 36.4 Å². The summed E-state index contributed by atoms with van der Waals surface area (Å²) in [6.45, 7) is 5.16. The van der Waals surface area contributed by atoms with Gasteiger partial charge >= 0.3 is 6.18 Å². The van der Waals surface area contributed by atoms with Gasteiger partial charge in [0, 0.05) is 6.54 Å². The average Bonchev–Trinajstić information content (AvgIpc) is 2.78. The second-order valence-corrected chi connectivity index (χ2v) is 7.10. The van der Waals surface area contributed by atoms with Crippen molar-refractivity contribution in [2.45, 2.75) is 39.4 Å². The predicted molar refractivity (Wildman–Crippen MR) is 90.8 cm³/mol. The van der Waals surface area contributed by atoms with E-state index in [9.17, 15) is 18.0 Å². The number of carbonyl (C=O) groups is 1. The molecule has 0 aliphatic carbocycles. The van der Waals surface area contributed by atoms with Crippen molar-refractivity contribution in [1.82, 2.24) is 10.4 Å². The molecule has 1 aliphatic rings. The molecule has 1 fully saturated rings. The standard InChI is InChI=1S/C19H21F3N2O/c1-4-13-14-8-6-5-7-12(14)9-10-15(13)16(19(20,21)22)24-11-18(2,3)17(25)23-24/h5-10,16H,4,11H2,1-3H3,(H,23,25). The van der Waals surface area contributed by atoms with E-state index in [2.05, 4.69) is 5.43 Å². The van der Waals surface area contributed by atoms with Crippen LogP contribution in [0, 0.1) is 5.41 Å². The Bertz CT molecular complexity index is 814. The first-order chi connectivity index (χ1) is 11.6. The summed E-state index contributed by atoms with van der Waals surface area (Å²) in [5.74, 6) is -0.388. The molecule has 1 aliphatic heterocycles. The van der Waals surface area contributed by atoms with Crippen molar-refractivity contribution in [2.75, 3.05) is 6.54 Å². The molecule has 0 radical (unpaired) electrons. The number of hydrogen-bond acceptors (Lipinski definition) is 2. The van der Waals surface area contributed by atoms with Crippen molar-refractivity contribution in [1.29, 1.82) is 0 Å². The van der Waals surface area contributed by atoms with Crippen molar-refractivity contribution in [2.24, 2.45) is 5.41 Å². The first kappa shape index (κ1) is 17.7. The summed E-state index contributed by atoms with van der Waals surface area (Å²) >= 11 is 0. The maximum Gasteiger partial charge on any atom is 0.409 e. The zero-order chi connectivity index (χ0) is 18.4. The maximum atomic E-state index is 14.0. The van der Waals surface area contributed by atoms with Crippen LogP contribution < -0.4 is 5.43 Å². The van der Waals surface area contributed by atoms with Gasteiger partial charge < -0.3 is 0 Å². The molecule has 6 heteroatoms. The molecule has 3 nitrogen and oxygen atoms in total. The van der Waals surface area contributed by atoms with Crippen molar-refractivity contribution < 1.29 is 18.0 Å². The number of benzene rings is 2. The van der Waals surface area contributed by atoms with Crippen LogP contribution in [0.4, 0.5) is 13.2 Å². The molecule has 0 aromatic heterocycles. The van der Waals surface area contributed by atoms with Gasteiger partial charge in [0.1, 0.15) is 6.04 Å². The number of amides is 1. The summed E-state index contributed by atoms with van der Waals surface area (Å²) in [5.41, 5.74) is 2.44.